The maximum absolute atomic E-state index is 13.3. The molecule has 1 aliphatic rings. The molecule has 106 valence electrons. The van der Waals surface area contributed by atoms with Crippen molar-refractivity contribution in [1.82, 2.24) is 0 Å². The van der Waals surface area contributed by atoms with E-state index in [0.717, 1.165) is 25.1 Å². The smallest absolute Gasteiger partial charge is 0.125 e. The van der Waals surface area contributed by atoms with E-state index in [-0.39, 0.29) is 11.9 Å². The minimum atomic E-state index is -0.183. The molecule has 1 saturated carbocycles. The van der Waals surface area contributed by atoms with Gasteiger partial charge in [0.05, 0.1) is 0 Å². The maximum Gasteiger partial charge on any atom is 0.125 e. The Balaban J connectivity index is 2.03. The van der Waals surface area contributed by atoms with Gasteiger partial charge in [-0.25, -0.2) is 4.39 Å². The van der Waals surface area contributed by atoms with Crippen LogP contribution in [-0.4, -0.2) is 19.6 Å². The molecule has 2 nitrogen and oxygen atoms in total. The molecular weight excluding hydrogens is 239 g/mol. The van der Waals surface area contributed by atoms with Crippen molar-refractivity contribution in [1.29, 1.82) is 0 Å². The van der Waals surface area contributed by atoms with Gasteiger partial charge in [0.25, 0.3) is 0 Å². The largest absolute Gasteiger partial charge is 0.374 e. The molecule has 0 saturated heterocycles. The van der Waals surface area contributed by atoms with Crippen LogP contribution in [-0.2, 0) is 0 Å². The maximum atomic E-state index is 13.3. The lowest BCUT2D eigenvalue weighted by Gasteiger charge is -2.41. The van der Waals surface area contributed by atoms with Crippen molar-refractivity contribution in [2.45, 2.75) is 39.2 Å². The summed E-state index contributed by atoms with van der Waals surface area (Å²) in [5.74, 6) is 0.301. The highest BCUT2D eigenvalue weighted by atomic mass is 19.1. The molecular formula is C16H25FN2. The molecule has 1 aromatic rings. The average Bonchev–Trinajstić information content (AvgIpc) is 2.33. The molecule has 19 heavy (non-hydrogen) atoms. The van der Waals surface area contributed by atoms with Crippen molar-refractivity contribution in [2.24, 2.45) is 17.1 Å². The number of anilines is 1. The zero-order valence-corrected chi connectivity index (χ0v) is 12.2. The number of rotatable bonds is 3. The first-order valence-corrected chi connectivity index (χ1v) is 7.10. The Kier molecular flexibility index (Phi) is 4.14. The van der Waals surface area contributed by atoms with E-state index >= 15 is 0 Å². The van der Waals surface area contributed by atoms with E-state index in [2.05, 4.69) is 18.7 Å². The molecule has 0 radical (unpaired) electrons. The van der Waals surface area contributed by atoms with Crippen LogP contribution in [0.1, 0.15) is 33.1 Å². The van der Waals surface area contributed by atoms with Gasteiger partial charge in [0.15, 0.2) is 0 Å². The molecule has 1 fully saturated rings. The number of halogens is 1. The first kappa shape index (κ1) is 14.3. The Labute approximate surface area is 115 Å². The molecule has 3 heteroatoms. The molecule has 1 aliphatic carbocycles. The lowest BCUT2D eigenvalue weighted by Crippen LogP contribution is -2.44. The minimum absolute atomic E-state index is 0.183. The highest BCUT2D eigenvalue weighted by molar-refractivity contribution is 5.45. The number of nitrogens with two attached hydrogens (primary N) is 1. The monoisotopic (exact) mass is 264 g/mol. The zero-order chi connectivity index (χ0) is 14.0. The Morgan fingerprint density at radius 1 is 1.42 bits per heavy atom. The second-order valence-corrected chi connectivity index (χ2v) is 6.69. The summed E-state index contributed by atoms with van der Waals surface area (Å²) in [4.78, 5) is 2.12. The fourth-order valence-electron chi connectivity index (χ4n) is 3.13. The van der Waals surface area contributed by atoms with E-state index < -0.39 is 0 Å². The van der Waals surface area contributed by atoms with Crippen molar-refractivity contribution >= 4 is 5.69 Å². The van der Waals surface area contributed by atoms with Gasteiger partial charge < -0.3 is 10.6 Å². The quantitative estimate of drug-likeness (QED) is 0.906. The van der Waals surface area contributed by atoms with E-state index in [0.29, 0.717) is 11.3 Å². The molecule has 0 amide bonds. The van der Waals surface area contributed by atoms with Crippen molar-refractivity contribution in [2.75, 3.05) is 18.5 Å². The predicted octanol–water partition coefficient (Wildman–Crippen LogP) is 3.42. The van der Waals surface area contributed by atoms with Crippen LogP contribution in [0, 0.1) is 17.2 Å². The van der Waals surface area contributed by atoms with Crippen LogP contribution in [0.2, 0.25) is 0 Å². The van der Waals surface area contributed by atoms with Crippen molar-refractivity contribution in [3.8, 4) is 0 Å². The number of hydrogen-bond acceptors (Lipinski definition) is 2. The minimum Gasteiger partial charge on any atom is -0.374 e. The fourth-order valence-corrected chi connectivity index (χ4v) is 3.13. The first-order chi connectivity index (χ1) is 8.87. The summed E-state index contributed by atoms with van der Waals surface area (Å²) in [5, 5.41) is 0. The topological polar surface area (TPSA) is 29.3 Å². The fraction of sp³-hybridized carbons (Fsp3) is 0.625. The molecule has 2 unspecified atom stereocenters. The van der Waals surface area contributed by atoms with Crippen molar-refractivity contribution in [3.63, 3.8) is 0 Å². The SMILES string of the molecule is CN(CC1CC(C)(C)CCC1N)c1cccc(F)c1. The van der Waals surface area contributed by atoms with Crippen LogP contribution in [0.15, 0.2) is 24.3 Å². The Morgan fingerprint density at radius 3 is 2.84 bits per heavy atom. The summed E-state index contributed by atoms with van der Waals surface area (Å²) in [7, 11) is 2.02. The number of benzene rings is 1. The predicted molar refractivity (Wildman–Crippen MR) is 78.8 cm³/mol. The van der Waals surface area contributed by atoms with Crippen LogP contribution < -0.4 is 10.6 Å². The molecule has 2 rings (SSSR count). The highest BCUT2D eigenvalue weighted by Crippen LogP contribution is 2.38. The van der Waals surface area contributed by atoms with E-state index in [4.69, 9.17) is 5.73 Å². The molecule has 0 aliphatic heterocycles. The summed E-state index contributed by atoms with van der Waals surface area (Å²) in [6.45, 7) is 5.52. The van der Waals surface area contributed by atoms with E-state index in [1.54, 1.807) is 12.1 Å². The van der Waals surface area contributed by atoms with E-state index in [1.807, 2.05) is 13.1 Å². The summed E-state index contributed by atoms with van der Waals surface area (Å²) in [5.41, 5.74) is 7.56. The molecule has 0 aromatic heterocycles. The van der Waals surface area contributed by atoms with Crippen LogP contribution in [0.4, 0.5) is 10.1 Å². The third-order valence-electron chi connectivity index (χ3n) is 4.33. The van der Waals surface area contributed by atoms with Crippen LogP contribution in [0.25, 0.3) is 0 Å². The van der Waals surface area contributed by atoms with Gasteiger partial charge in [-0.15, -0.1) is 0 Å². The second kappa shape index (κ2) is 5.49. The van der Waals surface area contributed by atoms with Gasteiger partial charge in [-0.1, -0.05) is 19.9 Å². The molecule has 0 bridgehead atoms. The van der Waals surface area contributed by atoms with E-state index in [1.165, 1.54) is 12.5 Å². The summed E-state index contributed by atoms with van der Waals surface area (Å²) >= 11 is 0. The standard InChI is InChI=1S/C16H25FN2/c1-16(2)8-7-15(18)12(10-16)11-19(3)14-6-4-5-13(17)9-14/h4-6,9,12,15H,7-8,10-11,18H2,1-3H3. The Hall–Kier alpha value is -1.09. The Bertz CT molecular complexity index is 431. The van der Waals surface area contributed by atoms with Crippen molar-refractivity contribution in [3.05, 3.63) is 30.1 Å². The summed E-state index contributed by atoms with van der Waals surface area (Å²) in [6, 6.07) is 7.03. The summed E-state index contributed by atoms with van der Waals surface area (Å²) in [6.07, 6.45) is 3.44. The highest BCUT2D eigenvalue weighted by Gasteiger charge is 2.33. The number of hydrogen-bond donors (Lipinski definition) is 1. The molecule has 2 atom stereocenters. The summed E-state index contributed by atoms with van der Waals surface area (Å²) < 4.78 is 13.3. The van der Waals surface area contributed by atoms with Crippen LogP contribution >= 0.6 is 0 Å². The van der Waals surface area contributed by atoms with Gasteiger partial charge in [0.2, 0.25) is 0 Å². The first-order valence-electron chi connectivity index (χ1n) is 7.10. The zero-order valence-electron chi connectivity index (χ0n) is 12.2. The van der Waals surface area contributed by atoms with Gasteiger partial charge >= 0.3 is 0 Å². The molecule has 0 spiro atoms. The van der Waals surface area contributed by atoms with Crippen LogP contribution in [0.5, 0.6) is 0 Å². The van der Waals surface area contributed by atoms with Gasteiger partial charge in [0, 0.05) is 25.3 Å². The third-order valence-corrected chi connectivity index (χ3v) is 4.33. The Morgan fingerprint density at radius 2 is 2.16 bits per heavy atom. The van der Waals surface area contributed by atoms with Gasteiger partial charge in [0.1, 0.15) is 5.82 Å². The molecule has 2 N–H and O–H groups in total. The number of nitrogens with zero attached hydrogens (tertiary/aromatic N) is 1. The second-order valence-electron chi connectivity index (χ2n) is 6.69. The van der Waals surface area contributed by atoms with Gasteiger partial charge in [-0.2, -0.15) is 0 Å². The molecule has 0 heterocycles. The lowest BCUT2D eigenvalue weighted by atomic mass is 9.70. The van der Waals surface area contributed by atoms with Crippen molar-refractivity contribution < 1.29 is 4.39 Å². The lowest BCUT2D eigenvalue weighted by molar-refractivity contribution is 0.161. The normalized spacial score (nSPS) is 26.2. The van der Waals surface area contributed by atoms with Gasteiger partial charge in [-0.05, 0) is 48.8 Å². The average molecular weight is 264 g/mol. The van der Waals surface area contributed by atoms with E-state index in [9.17, 15) is 4.39 Å². The third kappa shape index (κ3) is 3.69. The molecule has 1 aromatic carbocycles. The van der Waals surface area contributed by atoms with Crippen LogP contribution in [0.3, 0.4) is 0 Å². The van der Waals surface area contributed by atoms with Gasteiger partial charge in [-0.3, -0.25) is 0 Å².